The van der Waals surface area contributed by atoms with Crippen molar-refractivity contribution in [2.45, 2.75) is 26.9 Å². The lowest BCUT2D eigenvalue weighted by atomic mass is 10.2. The van der Waals surface area contributed by atoms with Crippen molar-refractivity contribution in [3.8, 4) is 0 Å². The summed E-state index contributed by atoms with van der Waals surface area (Å²) < 4.78 is 23.2. The van der Waals surface area contributed by atoms with E-state index in [0.29, 0.717) is 29.7 Å². The smallest absolute Gasteiger partial charge is 0.292 e. The number of carbonyl (C=O) groups excluding carboxylic acids is 1. The van der Waals surface area contributed by atoms with Crippen LogP contribution >= 0.6 is 27.5 Å². The number of carbonyl (C=O) groups is 1. The first kappa shape index (κ1) is 21.3. The molecule has 1 N–H and O–H groups in total. The fourth-order valence-corrected chi connectivity index (χ4v) is 3.59. The topological polar surface area (TPSA) is 77.9 Å². The summed E-state index contributed by atoms with van der Waals surface area (Å²) >= 11 is 9.56. The predicted octanol–water partition coefficient (Wildman–Crippen LogP) is 5.19. The Morgan fingerprint density at radius 1 is 1.19 bits per heavy atom. The van der Waals surface area contributed by atoms with E-state index in [1.54, 1.807) is 35.1 Å². The molecule has 0 atom stereocenters. The molecule has 31 heavy (non-hydrogen) atoms. The molecule has 1 aromatic carbocycles. The van der Waals surface area contributed by atoms with Gasteiger partial charge in [-0.1, -0.05) is 17.7 Å². The van der Waals surface area contributed by atoms with Crippen LogP contribution in [0.4, 0.5) is 10.2 Å². The van der Waals surface area contributed by atoms with Crippen molar-refractivity contribution in [2.24, 2.45) is 0 Å². The molecule has 0 spiro atoms. The molecule has 0 aliphatic carbocycles. The van der Waals surface area contributed by atoms with Gasteiger partial charge in [0, 0.05) is 17.3 Å². The molecule has 0 aliphatic heterocycles. The van der Waals surface area contributed by atoms with E-state index >= 15 is 0 Å². The molecule has 3 heterocycles. The number of anilines is 1. The van der Waals surface area contributed by atoms with E-state index in [2.05, 4.69) is 31.4 Å². The van der Waals surface area contributed by atoms with Crippen molar-refractivity contribution in [3.05, 3.63) is 86.4 Å². The van der Waals surface area contributed by atoms with Gasteiger partial charge in [-0.25, -0.2) is 4.39 Å². The molecule has 0 saturated heterocycles. The second-order valence-corrected chi connectivity index (χ2v) is 8.20. The van der Waals surface area contributed by atoms with Crippen molar-refractivity contribution in [3.63, 3.8) is 0 Å². The first-order chi connectivity index (χ1) is 14.8. The molecule has 4 aromatic rings. The molecule has 1 amide bonds. The minimum atomic E-state index is -0.411. The predicted molar refractivity (Wildman–Crippen MR) is 118 cm³/mol. The third-order valence-corrected chi connectivity index (χ3v) is 6.21. The lowest BCUT2D eigenvalue weighted by Crippen LogP contribution is -2.12. The number of rotatable bonds is 6. The van der Waals surface area contributed by atoms with Crippen LogP contribution in [-0.2, 0) is 13.1 Å². The Kier molecular flexibility index (Phi) is 5.97. The standard InChI is InChI=1S/C21H18BrClFN5O2/c1-12-20(22)13(2)29(26-12)11-16-5-6-18(31-16)21(30)25-19-7-8-28(27-19)10-14-3-4-15(24)9-17(14)23/h3-9H,10-11H2,1-2H3,(H,25,27,30). The summed E-state index contributed by atoms with van der Waals surface area (Å²) in [7, 11) is 0. The summed E-state index contributed by atoms with van der Waals surface area (Å²) in [6, 6.07) is 9.21. The van der Waals surface area contributed by atoms with Crippen molar-refractivity contribution in [1.82, 2.24) is 19.6 Å². The van der Waals surface area contributed by atoms with Gasteiger partial charge in [0.05, 0.1) is 29.0 Å². The van der Waals surface area contributed by atoms with Gasteiger partial charge in [0.1, 0.15) is 11.6 Å². The van der Waals surface area contributed by atoms with Crippen LogP contribution in [0, 0.1) is 19.7 Å². The monoisotopic (exact) mass is 505 g/mol. The number of halogens is 3. The first-order valence-electron chi connectivity index (χ1n) is 9.37. The number of nitrogens with one attached hydrogen (secondary N) is 1. The van der Waals surface area contributed by atoms with E-state index in [1.165, 1.54) is 12.1 Å². The van der Waals surface area contributed by atoms with Crippen LogP contribution in [0.25, 0.3) is 0 Å². The third kappa shape index (κ3) is 4.72. The molecule has 3 aromatic heterocycles. The summed E-state index contributed by atoms with van der Waals surface area (Å²) in [5.74, 6) is 0.339. The highest BCUT2D eigenvalue weighted by molar-refractivity contribution is 9.10. The molecular weight excluding hydrogens is 489 g/mol. The largest absolute Gasteiger partial charge is 0.454 e. The lowest BCUT2D eigenvalue weighted by Gasteiger charge is -2.05. The summed E-state index contributed by atoms with van der Waals surface area (Å²) in [5.41, 5.74) is 2.58. The van der Waals surface area contributed by atoms with Crippen molar-refractivity contribution in [1.29, 1.82) is 0 Å². The van der Waals surface area contributed by atoms with Crippen LogP contribution in [0.3, 0.4) is 0 Å². The fourth-order valence-electron chi connectivity index (χ4n) is 3.08. The molecule has 0 unspecified atom stereocenters. The van der Waals surface area contributed by atoms with Crippen molar-refractivity contribution in [2.75, 3.05) is 5.32 Å². The van der Waals surface area contributed by atoms with Gasteiger partial charge in [-0.05, 0) is 59.6 Å². The summed E-state index contributed by atoms with van der Waals surface area (Å²) in [6.07, 6.45) is 1.70. The van der Waals surface area contributed by atoms with Crippen LogP contribution < -0.4 is 5.32 Å². The van der Waals surface area contributed by atoms with E-state index in [9.17, 15) is 9.18 Å². The van der Waals surface area contributed by atoms with Gasteiger partial charge in [0.2, 0.25) is 0 Å². The highest BCUT2D eigenvalue weighted by Gasteiger charge is 2.15. The summed E-state index contributed by atoms with van der Waals surface area (Å²) in [6.45, 7) is 4.63. The Morgan fingerprint density at radius 2 is 2.00 bits per heavy atom. The number of benzene rings is 1. The van der Waals surface area contributed by atoms with E-state index in [4.69, 9.17) is 16.0 Å². The first-order valence-corrected chi connectivity index (χ1v) is 10.5. The second kappa shape index (κ2) is 8.68. The second-order valence-electron chi connectivity index (χ2n) is 7.00. The van der Waals surface area contributed by atoms with Crippen LogP contribution in [-0.4, -0.2) is 25.5 Å². The fraction of sp³-hybridized carbons (Fsp3) is 0.190. The van der Waals surface area contributed by atoms with Crippen LogP contribution in [0.15, 0.2) is 51.5 Å². The van der Waals surface area contributed by atoms with Crippen LogP contribution in [0.1, 0.15) is 33.3 Å². The number of furan rings is 1. The normalized spacial score (nSPS) is 11.1. The molecule has 0 fully saturated rings. The SMILES string of the molecule is Cc1nn(Cc2ccc(C(=O)Nc3ccn(Cc4ccc(F)cc4Cl)n3)o2)c(C)c1Br. The highest BCUT2D eigenvalue weighted by Crippen LogP contribution is 2.22. The van der Waals surface area contributed by atoms with Gasteiger partial charge in [-0.2, -0.15) is 10.2 Å². The van der Waals surface area contributed by atoms with Crippen molar-refractivity contribution >= 4 is 39.3 Å². The van der Waals surface area contributed by atoms with E-state index < -0.39 is 11.7 Å². The lowest BCUT2D eigenvalue weighted by molar-refractivity contribution is 0.0994. The zero-order chi connectivity index (χ0) is 22.1. The van der Waals surface area contributed by atoms with Gasteiger partial charge in [-0.15, -0.1) is 0 Å². The average molecular weight is 507 g/mol. The van der Waals surface area contributed by atoms with E-state index in [0.717, 1.165) is 21.4 Å². The average Bonchev–Trinajstić information content (AvgIpc) is 3.42. The quantitative estimate of drug-likeness (QED) is 0.390. The minimum Gasteiger partial charge on any atom is -0.454 e. The number of amides is 1. The number of aromatic nitrogens is 4. The third-order valence-electron chi connectivity index (χ3n) is 4.71. The molecule has 10 heteroatoms. The van der Waals surface area contributed by atoms with Gasteiger partial charge >= 0.3 is 0 Å². The Balaban J connectivity index is 1.40. The molecule has 160 valence electrons. The van der Waals surface area contributed by atoms with Crippen LogP contribution in [0.2, 0.25) is 5.02 Å². The Labute approximate surface area is 190 Å². The number of aryl methyl sites for hydroxylation is 1. The maximum absolute atomic E-state index is 13.2. The Hall–Kier alpha value is -2.91. The van der Waals surface area contributed by atoms with Gasteiger partial charge in [0.15, 0.2) is 11.6 Å². The molecule has 4 rings (SSSR count). The number of hydrogen-bond acceptors (Lipinski definition) is 4. The molecule has 0 radical (unpaired) electrons. The Bertz CT molecular complexity index is 1260. The maximum atomic E-state index is 13.2. The summed E-state index contributed by atoms with van der Waals surface area (Å²) in [4.78, 5) is 12.5. The maximum Gasteiger partial charge on any atom is 0.292 e. The number of nitrogens with zero attached hydrogens (tertiary/aromatic N) is 4. The zero-order valence-corrected chi connectivity index (χ0v) is 19.0. The summed E-state index contributed by atoms with van der Waals surface area (Å²) in [5, 5.41) is 11.8. The van der Waals surface area contributed by atoms with Crippen LogP contribution in [0.5, 0.6) is 0 Å². The van der Waals surface area contributed by atoms with Gasteiger partial charge < -0.3 is 9.73 Å². The highest BCUT2D eigenvalue weighted by atomic mass is 79.9. The van der Waals surface area contributed by atoms with Gasteiger partial charge in [0.25, 0.3) is 5.91 Å². The van der Waals surface area contributed by atoms with E-state index in [1.807, 2.05) is 18.5 Å². The molecule has 0 saturated carbocycles. The molecular formula is C21H18BrClFN5O2. The molecule has 0 aliphatic rings. The van der Waals surface area contributed by atoms with Gasteiger partial charge in [-0.3, -0.25) is 14.2 Å². The number of hydrogen-bond donors (Lipinski definition) is 1. The minimum absolute atomic E-state index is 0.173. The zero-order valence-electron chi connectivity index (χ0n) is 16.7. The molecule has 7 nitrogen and oxygen atoms in total. The van der Waals surface area contributed by atoms with E-state index in [-0.39, 0.29) is 5.76 Å². The molecule has 0 bridgehead atoms. The Morgan fingerprint density at radius 3 is 2.71 bits per heavy atom. The van der Waals surface area contributed by atoms with Crippen molar-refractivity contribution < 1.29 is 13.6 Å².